The summed E-state index contributed by atoms with van der Waals surface area (Å²) in [6.45, 7) is 6.41. The van der Waals surface area contributed by atoms with E-state index in [1.165, 1.54) is 32.0 Å². The molecule has 0 saturated heterocycles. The molecule has 3 aromatic rings. The van der Waals surface area contributed by atoms with Gasteiger partial charge >= 0.3 is 0 Å². The van der Waals surface area contributed by atoms with Gasteiger partial charge in [-0.05, 0) is 66.8 Å². The van der Waals surface area contributed by atoms with Crippen LogP contribution in [0.2, 0.25) is 0 Å². The lowest BCUT2D eigenvalue weighted by atomic mass is 9.90. The minimum atomic E-state index is 0.196. The molecule has 1 atom stereocenters. The number of benzene rings is 3. The topological polar surface area (TPSA) is 9.23 Å². The molecule has 1 heterocycles. The average Bonchev–Trinajstić information content (AvgIpc) is 2.65. The van der Waals surface area contributed by atoms with E-state index in [4.69, 9.17) is 4.74 Å². The van der Waals surface area contributed by atoms with Crippen LogP contribution in [0, 0.1) is 0 Å². The Morgan fingerprint density at radius 1 is 0.769 bits per heavy atom. The van der Waals surface area contributed by atoms with Crippen LogP contribution in [0.25, 0.3) is 0 Å². The Bertz CT molecular complexity index is 929. The predicted molar refractivity (Wildman–Crippen MR) is 110 cm³/mol. The van der Waals surface area contributed by atoms with Crippen LogP contribution >= 0.6 is 11.8 Å². The van der Waals surface area contributed by atoms with E-state index in [0.717, 1.165) is 12.2 Å². The highest BCUT2D eigenvalue weighted by Gasteiger charge is 2.18. The Morgan fingerprint density at radius 2 is 1.54 bits per heavy atom. The summed E-state index contributed by atoms with van der Waals surface area (Å²) >= 11 is 1.89. The summed E-state index contributed by atoms with van der Waals surface area (Å²) in [6.07, 6.45) is 1.22. The summed E-state index contributed by atoms with van der Waals surface area (Å²) in [6, 6.07) is 24.2. The van der Waals surface area contributed by atoms with Crippen LogP contribution in [0.3, 0.4) is 0 Å². The van der Waals surface area contributed by atoms with Gasteiger partial charge in [0.25, 0.3) is 0 Å². The fraction of sp³-hybridized carbons (Fsp3) is 0.250. The van der Waals surface area contributed by atoms with Crippen LogP contribution in [-0.4, -0.2) is 6.10 Å². The summed E-state index contributed by atoms with van der Waals surface area (Å²) in [4.78, 5) is 2.77. The van der Waals surface area contributed by atoms with E-state index in [9.17, 15) is 0 Å². The summed E-state index contributed by atoms with van der Waals surface area (Å²) in [7, 11) is 0. The molecule has 26 heavy (non-hydrogen) atoms. The van der Waals surface area contributed by atoms with Crippen LogP contribution in [0.4, 0.5) is 0 Å². The summed E-state index contributed by atoms with van der Waals surface area (Å²) < 4.78 is 5.87. The molecule has 3 aromatic carbocycles. The highest BCUT2D eigenvalue weighted by Crippen LogP contribution is 2.41. The predicted octanol–water partition coefficient (Wildman–Crippen LogP) is 6.68. The molecule has 4 rings (SSSR count). The lowest BCUT2D eigenvalue weighted by Gasteiger charge is -2.21. The van der Waals surface area contributed by atoms with Gasteiger partial charge in [0.1, 0.15) is 5.75 Å². The van der Waals surface area contributed by atoms with Gasteiger partial charge in [0.15, 0.2) is 0 Å². The lowest BCUT2D eigenvalue weighted by molar-refractivity contribution is 0.242. The van der Waals surface area contributed by atoms with Crippen molar-refractivity contribution >= 4 is 11.8 Å². The second kappa shape index (κ2) is 7.20. The second-order valence-corrected chi connectivity index (χ2v) is 8.30. The van der Waals surface area contributed by atoms with Crippen LogP contribution in [0.15, 0.2) is 76.5 Å². The van der Waals surface area contributed by atoms with Gasteiger partial charge in [-0.3, -0.25) is 0 Å². The first-order valence-corrected chi connectivity index (χ1v) is 10.1. The molecular weight excluding hydrogens is 336 g/mol. The fourth-order valence-electron chi connectivity index (χ4n) is 3.50. The van der Waals surface area contributed by atoms with Crippen LogP contribution in [0.5, 0.6) is 5.75 Å². The molecular formula is C24H24OS. The second-order valence-electron chi connectivity index (χ2n) is 7.21. The van der Waals surface area contributed by atoms with Crippen molar-refractivity contribution in [3.63, 3.8) is 0 Å². The van der Waals surface area contributed by atoms with Crippen molar-refractivity contribution in [2.24, 2.45) is 0 Å². The van der Waals surface area contributed by atoms with Crippen molar-refractivity contribution < 1.29 is 4.74 Å². The molecule has 2 heteroatoms. The van der Waals surface area contributed by atoms with Crippen molar-refractivity contribution in [2.75, 3.05) is 0 Å². The highest BCUT2D eigenvalue weighted by atomic mass is 32.2. The molecule has 0 radical (unpaired) electrons. The summed E-state index contributed by atoms with van der Waals surface area (Å²) in [5, 5.41) is 0. The number of ether oxygens (including phenoxy) is 1. The molecule has 1 unspecified atom stereocenters. The van der Waals surface area contributed by atoms with E-state index in [1.807, 2.05) is 17.8 Å². The smallest absolute Gasteiger partial charge is 0.119 e. The van der Waals surface area contributed by atoms with Gasteiger partial charge in [0.05, 0.1) is 6.10 Å². The third kappa shape index (κ3) is 3.52. The first-order valence-electron chi connectivity index (χ1n) is 9.25. The number of hydrogen-bond donors (Lipinski definition) is 0. The van der Waals surface area contributed by atoms with E-state index in [0.29, 0.717) is 5.92 Å². The number of fused-ring (bicyclic) bond motifs is 2. The van der Waals surface area contributed by atoms with Crippen molar-refractivity contribution in [2.45, 2.75) is 49.0 Å². The normalized spacial score (nSPS) is 13.8. The molecule has 132 valence electrons. The Hall–Kier alpha value is -2.19. The highest BCUT2D eigenvalue weighted by molar-refractivity contribution is 7.99. The van der Waals surface area contributed by atoms with E-state index < -0.39 is 0 Å². The zero-order valence-electron chi connectivity index (χ0n) is 15.5. The van der Waals surface area contributed by atoms with Crippen LogP contribution in [-0.2, 0) is 6.42 Å². The van der Waals surface area contributed by atoms with Gasteiger partial charge in [-0.1, -0.05) is 61.2 Å². The monoisotopic (exact) mass is 360 g/mol. The van der Waals surface area contributed by atoms with Crippen molar-refractivity contribution in [3.8, 4) is 5.75 Å². The fourth-order valence-corrected chi connectivity index (χ4v) is 4.55. The van der Waals surface area contributed by atoms with Crippen molar-refractivity contribution in [1.29, 1.82) is 0 Å². The number of hydrogen-bond acceptors (Lipinski definition) is 2. The van der Waals surface area contributed by atoms with E-state index >= 15 is 0 Å². The standard InChI is InChI=1S/C24H24OS/c1-16(2)25-22-9-6-8-18(15-22)17(3)19-11-12-24-21(13-19)14-20-7-4-5-10-23(20)26-24/h4-13,15-17H,14H2,1-3H3. The molecule has 0 bridgehead atoms. The molecule has 0 fully saturated rings. The van der Waals surface area contributed by atoms with Crippen molar-refractivity contribution in [1.82, 2.24) is 0 Å². The molecule has 0 aliphatic carbocycles. The maximum absolute atomic E-state index is 5.87. The third-order valence-electron chi connectivity index (χ3n) is 4.89. The first-order chi connectivity index (χ1) is 12.6. The molecule has 1 nitrogen and oxygen atoms in total. The van der Waals surface area contributed by atoms with E-state index in [-0.39, 0.29) is 6.10 Å². The third-order valence-corrected chi connectivity index (χ3v) is 6.12. The Labute approximate surface area is 160 Å². The average molecular weight is 361 g/mol. The Balaban J connectivity index is 1.61. The number of rotatable bonds is 4. The van der Waals surface area contributed by atoms with Crippen molar-refractivity contribution in [3.05, 3.63) is 89.0 Å². The summed E-state index contributed by atoms with van der Waals surface area (Å²) in [5.74, 6) is 1.30. The Morgan fingerprint density at radius 3 is 2.38 bits per heavy atom. The SMILES string of the molecule is CC(C)Oc1cccc(C(C)c2ccc3c(c2)Cc2ccccc2S3)c1. The van der Waals surface area contributed by atoms with Gasteiger partial charge in [0, 0.05) is 15.7 Å². The van der Waals surface area contributed by atoms with Crippen LogP contribution in [0.1, 0.15) is 48.9 Å². The molecule has 0 saturated carbocycles. The van der Waals surface area contributed by atoms with Gasteiger partial charge in [-0.15, -0.1) is 0 Å². The van der Waals surface area contributed by atoms with E-state index in [1.54, 1.807) is 0 Å². The molecule has 0 spiro atoms. The molecule has 0 amide bonds. The summed E-state index contributed by atoms with van der Waals surface area (Å²) in [5.41, 5.74) is 5.53. The molecule has 1 aliphatic heterocycles. The molecule has 1 aliphatic rings. The first kappa shape index (κ1) is 17.2. The maximum atomic E-state index is 5.87. The minimum Gasteiger partial charge on any atom is -0.491 e. The quantitative estimate of drug-likeness (QED) is 0.401. The van der Waals surface area contributed by atoms with Gasteiger partial charge < -0.3 is 4.74 Å². The van der Waals surface area contributed by atoms with Crippen LogP contribution < -0.4 is 4.74 Å². The van der Waals surface area contributed by atoms with E-state index in [2.05, 4.69) is 81.4 Å². The largest absolute Gasteiger partial charge is 0.491 e. The van der Waals surface area contributed by atoms with Gasteiger partial charge in [0.2, 0.25) is 0 Å². The van der Waals surface area contributed by atoms with Gasteiger partial charge in [-0.25, -0.2) is 0 Å². The Kier molecular flexibility index (Phi) is 4.78. The zero-order valence-corrected chi connectivity index (χ0v) is 16.3. The lowest BCUT2D eigenvalue weighted by Crippen LogP contribution is -2.06. The maximum Gasteiger partial charge on any atom is 0.119 e. The minimum absolute atomic E-state index is 0.196. The molecule has 0 aromatic heterocycles. The van der Waals surface area contributed by atoms with Gasteiger partial charge in [-0.2, -0.15) is 0 Å². The molecule has 0 N–H and O–H groups in total. The zero-order chi connectivity index (χ0) is 18.1.